The minimum atomic E-state index is -0.531. The van der Waals surface area contributed by atoms with Crippen LogP contribution in [-0.2, 0) is 11.8 Å². The number of carbonyl (C=O) groups is 1. The predicted molar refractivity (Wildman–Crippen MR) is 113 cm³/mol. The third kappa shape index (κ3) is 4.64. The van der Waals surface area contributed by atoms with Gasteiger partial charge in [-0.1, -0.05) is 12.1 Å². The summed E-state index contributed by atoms with van der Waals surface area (Å²) in [5.41, 5.74) is 1.49. The highest BCUT2D eigenvalue weighted by atomic mass is 32.2. The average molecular weight is 441 g/mol. The standard InChI is InChI=1S/C19H19N7O4S/c1-24-19(21-22-23-24)31-17-7-6-13(26(28)29)12-14(17)18(27)20-15-4-2-3-5-16(15)25-8-10-30-11-9-25/h2-7,12H,8-11H2,1H3,(H,20,27). The van der Waals surface area contributed by atoms with Gasteiger partial charge in [-0.15, -0.1) is 5.10 Å². The fourth-order valence-electron chi connectivity index (χ4n) is 3.15. The van der Waals surface area contributed by atoms with Crippen molar-refractivity contribution in [2.24, 2.45) is 7.05 Å². The molecule has 1 saturated heterocycles. The van der Waals surface area contributed by atoms with Gasteiger partial charge in [-0.05, 0) is 40.4 Å². The maximum absolute atomic E-state index is 13.2. The van der Waals surface area contributed by atoms with Gasteiger partial charge in [0.2, 0.25) is 5.16 Å². The van der Waals surface area contributed by atoms with Crippen molar-refractivity contribution in [1.82, 2.24) is 20.2 Å². The number of nitro benzene ring substituents is 1. The molecule has 31 heavy (non-hydrogen) atoms. The molecular weight excluding hydrogens is 422 g/mol. The number of nitro groups is 1. The number of ether oxygens (including phenoxy) is 1. The highest BCUT2D eigenvalue weighted by molar-refractivity contribution is 7.99. The number of carbonyl (C=O) groups excluding carboxylic acids is 1. The molecule has 2 heterocycles. The molecule has 0 radical (unpaired) electrons. The summed E-state index contributed by atoms with van der Waals surface area (Å²) in [5, 5.41) is 25.9. The van der Waals surface area contributed by atoms with E-state index < -0.39 is 10.8 Å². The Morgan fingerprint density at radius 3 is 2.71 bits per heavy atom. The van der Waals surface area contributed by atoms with E-state index in [-0.39, 0.29) is 11.3 Å². The Kier molecular flexibility index (Phi) is 6.09. The number of anilines is 2. The zero-order chi connectivity index (χ0) is 21.8. The van der Waals surface area contributed by atoms with Crippen LogP contribution in [-0.4, -0.2) is 57.3 Å². The van der Waals surface area contributed by atoms with E-state index >= 15 is 0 Å². The van der Waals surface area contributed by atoms with Crippen LogP contribution < -0.4 is 10.2 Å². The highest BCUT2D eigenvalue weighted by Crippen LogP contribution is 2.33. The number of nitrogens with one attached hydrogen (secondary N) is 1. The molecule has 1 aliphatic rings. The Hall–Kier alpha value is -3.51. The van der Waals surface area contributed by atoms with Crippen LogP contribution in [0.5, 0.6) is 0 Å². The second-order valence-corrected chi connectivity index (χ2v) is 7.70. The second-order valence-electron chi connectivity index (χ2n) is 6.70. The molecular formula is C19H19N7O4S. The molecule has 0 atom stereocenters. The largest absolute Gasteiger partial charge is 0.378 e. The molecule has 11 nitrogen and oxygen atoms in total. The van der Waals surface area contributed by atoms with E-state index in [0.29, 0.717) is 42.0 Å². The molecule has 1 fully saturated rings. The maximum atomic E-state index is 13.2. The fraction of sp³-hybridized carbons (Fsp3) is 0.263. The van der Waals surface area contributed by atoms with Crippen LogP contribution in [0.15, 0.2) is 52.5 Å². The van der Waals surface area contributed by atoms with Crippen LogP contribution in [0.4, 0.5) is 17.1 Å². The van der Waals surface area contributed by atoms with Crippen LogP contribution >= 0.6 is 11.8 Å². The number of amides is 1. The third-order valence-corrected chi connectivity index (χ3v) is 5.81. The van der Waals surface area contributed by atoms with Crippen molar-refractivity contribution < 1.29 is 14.5 Å². The van der Waals surface area contributed by atoms with Gasteiger partial charge in [-0.25, -0.2) is 4.68 Å². The van der Waals surface area contributed by atoms with Crippen molar-refractivity contribution >= 4 is 34.7 Å². The Morgan fingerprint density at radius 2 is 2.00 bits per heavy atom. The van der Waals surface area contributed by atoms with Gasteiger partial charge < -0.3 is 15.0 Å². The second kappa shape index (κ2) is 9.10. The predicted octanol–water partition coefficient (Wildman–Crippen LogP) is 2.36. The first-order chi connectivity index (χ1) is 15.0. The van der Waals surface area contributed by atoms with Gasteiger partial charge in [0.05, 0.1) is 35.1 Å². The van der Waals surface area contributed by atoms with Gasteiger partial charge >= 0.3 is 0 Å². The fourth-order valence-corrected chi connectivity index (χ4v) is 3.99. The molecule has 0 spiro atoms. The molecule has 12 heteroatoms. The van der Waals surface area contributed by atoms with Crippen molar-refractivity contribution in [1.29, 1.82) is 0 Å². The van der Waals surface area contributed by atoms with Gasteiger partial charge in [-0.3, -0.25) is 14.9 Å². The molecule has 3 aromatic rings. The number of non-ortho nitro benzene ring substituents is 1. The summed E-state index contributed by atoms with van der Waals surface area (Å²) < 4.78 is 6.87. The normalized spacial score (nSPS) is 13.8. The zero-order valence-electron chi connectivity index (χ0n) is 16.6. The number of hydrogen-bond acceptors (Lipinski definition) is 9. The molecule has 1 aromatic heterocycles. The van der Waals surface area contributed by atoms with Crippen molar-refractivity contribution in [3.63, 3.8) is 0 Å². The number of nitrogens with zero attached hydrogens (tertiary/aromatic N) is 6. The highest BCUT2D eigenvalue weighted by Gasteiger charge is 2.21. The molecule has 2 aromatic carbocycles. The molecule has 0 aliphatic carbocycles. The summed E-state index contributed by atoms with van der Waals surface area (Å²) in [6, 6.07) is 11.6. The first-order valence-electron chi connectivity index (χ1n) is 9.44. The molecule has 0 unspecified atom stereocenters. The zero-order valence-corrected chi connectivity index (χ0v) is 17.4. The van der Waals surface area contributed by atoms with Crippen LogP contribution in [0.2, 0.25) is 0 Å². The lowest BCUT2D eigenvalue weighted by Crippen LogP contribution is -2.36. The molecule has 160 valence electrons. The molecule has 4 rings (SSSR count). The number of rotatable bonds is 6. The number of tetrazole rings is 1. The van der Waals surface area contributed by atoms with Gasteiger partial charge in [0.25, 0.3) is 11.6 Å². The molecule has 1 amide bonds. The number of hydrogen-bond donors (Lipinski definition) is 1. The van der Waals surface area contributed by atoms with E-state index in [1.165, 1.54) is 22.9 Å². The van der Waals surface area contributed by atoms with Crippen LogP contribution in [0.3, 0.4) is 0 Å². The number of benzene rings is 2. The lowest BCUT2D eigenvalue weighted by atomic mass is 10.1. The average Bonchev–Trinajstić information content (AvgIpc) is 3.19. The third-order valence-electron chi connectivity index (χ3n) is 4.71. The van der Waals surface area contributed by atoms with E-state index in [1.807, 2.05) is 18.2 Å². The molecule has 0 bridgehead atoms. The summed E-state index contributed by atoms with van der Waals surface area (Å²) >= 11 is 1.16. The van der Waals surface area contributed by atoms with Gasteiger partial charge in [-0.2, -0.15) is 0 Å². The Balaban J connectivity index is 1.65. The summed E-state index contributed by atoms with van der Waals surface area (Å²) in [7, 11) is 1.67. The quantitative estimate of drug-likeness (QED) is 0.453. The maximum Gasteiger partial charge on any atom is 0.270 e. The van der Waals surface area contributed by atoms with E-state index in [1.54, 1.807) is 13.1 Å². The molecule has 0 saturated carbocycles. The summed E-state index contributed by atoms with van der Waals surface area (Å²) in [5.74, 6) is -0.456. The monoisotopic (exact) mass is 441 g/mol. The Labute approximate surface area is 181 Å². The first-order valence-corrected chi connectivity index (χ1v) is 10.3. The Morgan fingerprint density at radius 1 is 1.23 bits per heavy atom. The number of morpholine rings is 1. The lowest BCUT2D eigenvalue weighted by Gasteiger charge is -2.30. The number of para-hydroxylation sites is 2. The van der Waals surface area contributed by atoms with Crippen molar-refractivity contribution in [2.45, 2.75) is 10.1 Å². The van der Waals surface area contributed by atoms with E-state index in [0.717, 1.165) is 17.4 Å². The van der Waals surface area contributed by atoms with Crippen molar-refractivity contribution in [3.8, 4) is 0 Å². The van der Waals surface area contributed by atoms with Gasteiger partial charge in [0.1, 0.15) is 0 Å². The summed E-state index contributed by atoms with van der Waals surface area (Å²) in [6.45, 7) is 2.65. The SMILES string of the molecule is Cn1nnnc1Sc1ccc([N+](=O)[O-])cc1C(=O)Nc1ccccc1N1CCOCC1. The Bertz CT molecular complexity index is 1110. The summed E-state index contributed by atoms with van der Waals surface area (Å²) in [6.07, 6.45) is 0. The summed E-state index contributed by atoms with van der Waals surface area (Å²) in [4.78, 5) is 26.6. The minimum absolute atomic E-state index is 0.166. The topological polar surface area (TPSA) is 128 Å². The van der Waals surface area contributed by atoms with Gasteiger partial charge in [0, 0.05) is 37.2 Å². The smallest absolute Gasteiger partial charge is 0.270 e. The first kappa shape index (κ1) is 20.8. The van der Waals surface area contributed by atoms with E-state index in [9.17, 15) is 14.9 Å². The van der Waals surface area contributed by atoms with E-state index in [4.69, 9.17) is 4.74 Å². The van der Waals surface area contributed by atoms with Crippen molar-refractivity contribution in [2.75, 3.05) is 36.5 Å². The minimum Gasteiger partial charge on any atom is -0.378 e. The number of aromatic nitrogens is 4. The van der Waals surface area contributed by atoms with Crippen molar-refractivity contribution in [3.05, 3.63) is 58.1 Å². The molecule has 1 aliphatic heterocycles. The van der Waals surface area contributed by atoms with Crippen LogP contribution in [0.25, 0.3) is 0 Å². The number of aryl methyl sites for hydroxylation is 1. The van der Waals surface area contributed by atoms with Gasteiger partial charge in [0.15, 0.2) is 0 Å². The molecule has 1 N–H and O–H groups in total. The van der Waals surface area contributed by atoms with Crippen LogP contribution in [0, 0.1) is 10.1 Å². The lowest BCUT2D eigenvalue weighted by molar-refractivity contribution is -0.384. The van der Waals surface area contributed by atoms with Crippen LogP contribution in [0.1, 0.15) is 10.4 Å². The van der Waals surface area contributed by atoms with E-state index in [2.05, 4.69) is 25.7 Å².